The molecule has 12 bridgehead atoms. The molecule has 9 N–H and O–H groups in total. The Morgan fingerprint density at radius 1 is 0.545 bits per heavy atom. The zero-order valence-corrected chi connectivity index (χ0v) is 64.4. The van der Waals surface area contributed by atoms with Gasteiger partial charge in [-0.15, -0.1) is 10.2 Å². The topological polar surface area (TPSA) is 419 Å². The summed E-state index contributed by atoms with van der Waals surface area (Å²) in [6, 6.07) is 9.49. The maximum absolute atomic E-state index is 15.3. The SMILES string of the molecule is CC[C@@H](C)C(=O)N[C@H](C(=O)N1C[C@@H]2C[C@H]1C(=O)N[C@@H](Cc1ccc(OC)c(OC)c1)C(=O)N[C@H](C(=O)O)Cc1ccc(cc1)OCc1cn(nn1)[C@H]1C[C@@H](C(=O)N[C@@H](Cc3ccc(OC)c(OC)c3)C(=O)N[C@H](C(=O)O)Cc3ccc(cc3)OCc3cn2nn3)N(C(=O)[C@@H](NC(=O)[C@H](C)NC)C(C)(C)C)C1)C(C)(C)C. The predicted octanol–water partition coefficient (Wildman–Crippen LogP) is 3.45. The third-order valence-electron chi connectivity index (χ3n) is 20.0. The summed E-state index contributed by atoms with van der Waals surface area (Å²) in [4.78, 5) is 147. The second kappa shape index (κ2) is 36.2. The van der Waals surface area contributed by atoms with Crippen molar-refractivity contribution >= 4 is 59.2 Å². The standard InChI is InChI=1S/C77H101N15O18/c1-15-42(2)66(93)83-64(76(4,5)6)72(99)89-38-50-34-58(89)70(97)79-54(30-46-20-26-60(105-11)62(32-46)107-13)68(95)81-56(74(101)102)28-44-18-24-53(25-19-44)110-41-49-37-92(88-86-49)51-35-59(90(39-51)73(100)65(77(7,8)9)84-67(94)43(3)78-10)71(98)80-55(31-47-21-27-61(106-12)63(33-47)108-14)69(96)82-57(75(103)104)29-45-16-22-52(23-17-45)109-40-48-36-91(50)87-85-48/h16-27,32-33,36-37,42-43,50-51,54-59,64-65,78H,15,28-31,34-35,38-41H2,1-14H3,(H,79,97)(H,80,98)(H,81,95)(H,82,96)(H,83,93)(H,84,94)(H,101,102)(H,103,104)/t42-,43+,50+,51+,54+,55+,56+,57+,58+,59+,64-,65-/m1/s1. The van der Waals surface area contributed by atoms with Crippen LogP contribution in [0.3, 0.4) is 0 Å². The van der Waals surface area contributed by atoms with E-state index in [2.05, 4.69) is 57.8 Å². The summed E-state index contributed by atoms with van der Waals surface area (Å²) in [6.07, 6.45) is 2.65. The lowest BCUT2D eigenvalue weighted by Gasteiger charge is -2.36. The van der Waals surface area contributed by atoms with Gasteiger partial charge in [-0.3, -0.25) is 38.4 Å². The van der Waals surface area contributed by atoms with E-state index in [0.29, 0.717) is 74.6 Å². The van der Waals surface area contributed by atoms with Crippen LogP contribution in [0, 0.1) is 16.7 Å². The van der Waals surface area contributed by atoms with Crippen LogP contribution in [0.4, 0.5) is 0 Å². The molecule has 2 saturated heterocycles. The van der Waals surface area contributed by atoms with Gasteiger partial charge in [0.25, 0.3) is 0 Å². The van der Waals surface area contributed by atoms with Crippen LogP contribution >= 0.6 is 0 Å². The molecule has 8 heterocycles. The molecular weight excluding hydrogens is 1420 g/mol. The van der Waals surface area contributed by atoms with Crippen LogP contribution in [-0.2, 0) is 86.8 Å². The Morgan fingerprint density at radius 2 is 0.927 bits per heavy atom. The number of nitrogens with one attached hydrogen (secondary N) is 7. The van der Waals surface area contributed by atoms with E-state index >= 15 is 19.2 Å². The molecule has 2 aromatic heterocycles. The largest absolute Gasteiger partial charge is 0.493 e. The van der Waals surface area contributed by atoms with Crippen LogP contribution in [-0.4, -0.2) is 212 Å². The number of methoxy groups -OCH3 is 4. The number of likely N-dealkylation sites (N-methyl/N-ethyl adjacent to an activating group) is 1. The third-order valence-corrected chi connectivity index (χ3v) is 20.0. The first-order chi connectivity index (χ1) is 52.2. The summed E-state index contributed by atoms with van der Waals surface area (Å²) in [5.74, 6) is -6.56. The molecule has 110 heavy (non-hydrogen) atoms. The number of aromatic nitrogens is 6. The van der Waals surface area contributed by atoms with E-state index in [9.17, 15) is 39.0 Å². The number of rotatable bonds is 18. The number of nitrogens with zero attached hydrogens (tertiary/aromatic N) is 8. The number of carbonyl (C=O) groups excluding carboxylic acids is 8. The molecule has 12 rings (SSSR count). The highest BCUT2D eigenvalue weighted by Crippen LogP contribution is 2.36. The van der Waals surface area contributed by atoms with Crippen LogP contribution in [0.2, 0.25) is 0 Å². The summed E-state index contributed by atoms with van der Waals surface area (Å²) < 4.78 is 37.4. The van der Waals surface area contributed by atoms with Gasteiger partial charge in [-0.2, -0.15) is 0 Å². The van der Waals surface area contributed by atoms with Gasteiger partial charge in [0.1, 0.15) is 84.4 Å². The van der Waals surface area contributed by atoms with Gasteiger partial charge in [0, 0.05) is 57.5 Å². The van der Waals surface area contributed by atoms with E-state index < -0.39 is 136 Å². The minimum absolute atomic E-state index is 0.0630. The molecule has 0 radical (unpaired) electrons. The summed E-state index contributed by atoms with van der Waals surface area (Å²) in [6.45, 7) is 15.4. The number of carbonyl (C=O) groups is 10. The average Bonchev–Trinajstić information content (AvgIpc) is 1.62. The number of ether oxygens (including phenoxy) is 6. The first-order valence-electron chi connectivity index (χ1n) is 36.5. The zero-order chi connectivity index (χ0) is 80.1. The lowest BCUT2D eigenvalue weighted by atomic mass is 9.85. The smallest absolute Gasteiger partial charge is 0.326 e. The molecule has 8 amide bonds. The maximum Gasteiger partial charge on any atom is 0.326 e. The molecule has 0 aliphatic carbocycles. The highest BCUT2D eigenvalue weighted by Gasteiger charge is 2.49. The number of benzene rings is 4. The van der Waals surface area contributed by atoms with Gasteiger partial charge in [0.15, 0.2) is 23.0 Å². The highest BCUT2D eigenvalue weighted by molar-refractivity contribution is 5.98. The van der Waals surface area contributed by atoms with Crippen molar-refractivity contribution in [3.8, 4) is 34.5 Å². The van der Waals surface area contributed by atoms with E-state index in [4.69, 9.17) is 28.4 Å². The molecule has 0 saturated carbocycles. The summed E-state index contributed by atoms with van der Waals surface area (Å²) >= 11 is 0. The van der Waals surface area contributed by atoms with E-state index in [1.54, 1.807) is 160 Å². The molecule has 2 fully saturated rings. The molecular formula is C77H101N15O18. The minimum atomic E-state index is -1.55. The first-order valence-corrected chi connectivity index (χ1v) is 36.5. The van der Waals surface area contributed by atoms with Crippen LogP contribution in [0.5, 0.6) is 34.5 Å². The van der Waals surface area contributed by atoms with Crippen molar-refractivity contribution in [3.05, 3.63) is 131 Å². The van der Waals surface area contributed by atoms with Crippen LogP contribution < -0.4 is 65.6 Å². The fraction of sp³-hybridized carbons (Fsp3) is 0.506. The molecule has 12 atom stereocenters. The number of amides is 8. The Hall–Kier alpha value is -11.4. The van der Waals surface area contributed by atoms with Crippen LogP contribution in [0.15, 0.2) is 97.3 Å². The molecule has 6 aliphatic rings. The number of carboxylic acid groups (broad SMARTS) is 2. The molecule has 33 nitrogen and oxygen atoms in total. The summed E-state index contributed by atoms with van der Waals surface area (Å²) in [5.41, 5.74) is 0.751. The van der Waals surface area contributed by atoms with Crippen molar-refractivity contribution < 1.29 is 86.6 Å². The average molecular weight is 1520 g/mol. The minimum Gasteiger partial charge on any atom is -0.493 e. The normalized spacial score (nSPS) is 21.5. The Kier molecular flexibility index (Phi) is 27.2. The summed E-state index contributed by atoms with van der Waals surface area (Å²) in [7, 11) is 7.37. The second-order valence-electron chi connectivity index (χ2n) is 30.1. The zero-order valence-electron chi connectivity index (χ0n) is 64.4. The molecule has 0 spiro atoms. The van der Waals surface area contributed by atoms with Gasteiger partial charge in [0.05, 0.1) is 59.0 Å². The van der Waals surface area contributed by atoms with Gasteiger partial charge < -0.3 is 85.7 Å². The van der Waals surface area contributed by atoms with Gasteiger partial charge in [-0.1, -0.05) is 102 Å². The lowest BCUT2D eigenvalue weighted by Crippen LogP contribution is -2.60. The van der Waals surface area contributed by atoms with Gasteiger partial charge in [-0.05, 0) is 102 Å². The Balaban J connectivity index is 1.07. The number of hydrogen-bond donors (Lipinski definition) is 9. The van der Waals surface area contributed by atoms with Crippen LogP contribution in [0.25, 0.3) is 0 Å². The van der Waals surface area contributed by atoms with Crippen molar-refractivity contribution in [3.63, 3.8) is 0 Å². The van der Waals surface area contributed by atoms with E-state index in [1.165, 1.54) is 47.6 Å². The van der Waals surface area contributed by atoms with Gasteiger partial charge >= 0.3 is 11.9 Å². The quantitative estimate of drug-likeness (QED) is 0.0595. The van der Waals surface area contributed by atoms with Crippen molar-refractivity contribution in [1.82, 2.24) is 77.0 Å². The molecule has 33 heteroatoms. The van der Waals surface area contributed by atoms with Crippen molar-refractivity contribution in [2.24, 2.45) is 16.7 Å². The Morgan fingerprint density at radius 3 is 1.27 bits per heavy atom. The van der Waals surface area contributed by atoms with Gasteiger partial charge in [0.2, 0.25) is 47.3 Å². The Bertz CT molecular complexity index is 4020. The molecule has 6 aromatic rings. The number of carboxylic acids is 2. The number of aliphatic carboxylic acids is 2. The molecule has 592 valence electrons. The van der Waals surface area contributed by atoms with E-state index in [0.717, 1.165) is 0 Å². The second-order valence-corrected chi connectivity index (χ2v) is 30.1. The van der Waals surface area contributed by atoms with E-state index in [1.807, 2.05) is 6.92 Å². The third kappa shape index (κ3) is 20.7. The van der Waals surface area contributed by atoms with E-state index in [-0.39, 0.29) is 70.7 Å². The fourth-order valence-electron chi connectivity index (χ4n) is 13.2. The molecule has 4 aromatic carbocycles. The molecule has 6 aliphatic heterocycles. The lowest BCUT2D eigenvalue weighted by molar-refractivity contribution is -0.145. The number of likely N-dealkylation sites (tertiary alicyclic amines) is 2. The van der Waals surface area contributed by atoms with Crippen molar-refractivity contribution in [1.29, 1.82) is 0 Å². The highest BCUT2D eigenvalue weighted by atomic mass is 16.5. The Labute approximate surface area is 637 Å². The predicted molar refractivity (Wildman–Crippen MR) is 398 cm³/mol. The van der Waals surface area contributed by atoms with Crippen molar-refractivity contribution in [2.45, 2.75) is 187 Å². The maximum atomic E-state index is 15.3. The van der Waals surface area contributed by atoms with Crippen molar-refractivity contribution in [2.75, 3.05) is 48.6 Å². The van der Waals surface area contributed by atoms with Crippen LogP contribution in [0.1, 0.15) is 127 Å². The number of hydrogen-bond acceptors (Lipinski definition) is 21. The summed E-state index contributed by atoms with van der Waals surface area (Å²) in [5, 5.41) is 58.8. The monoisotopic (exact) mass is 1520 g/mol. The molecule has 0 unspecified atom stereocenters. The fourth-order valence-corrected chi connectivity index (χ4v) is 13.2. The first kappa shape index (κ1) is 82.7. The van der Waals surface area contributed by atoms with Gasteiger partial charge in [-0.25, -0.2) is 19.0 Å².